The molecule has 0 amide bonds. The highest BCUT2D eigenvalue weighted by Gasteiger charge is 1.84. The van der Waals surface area contributed by atoms with Crippen molar-refractivity contribution < 1.29 is 4.74 Å². The van der Waals surface area contributed by atoms with Gasteiger partial charge in [-0.05, 0) is 19.9 Å². The lowest BCUT2D eigenvalue weighted by Crippen LogP contribution is -1.93. The quantitative estimate of drug-likeness (QED) is 0.459. The van der Waals surface area contributed by atoms with Gasteiger partial charge in [-0.3, -0.25) is 0 Å². The van der Waals surface area contributed by atoms with E-state index in [1.165, 1.54) is 0 Å². The van der Waals surface area contributed by atoms with Crippen LogP contribution in [0, 0.1) is 0 Å². The summed E-state index contributed by atoms with van der Waals surface area (Å²) < 4.78 is 5.07. The Bertz CT molecular complexity index is 127. The summed E-state index contributed by atoms with van der Waals surface area (Å²) in [5.74, 6) is 0.810. The molecule has 0 aliphatic carbocycles. The van der Waals surface area contributed by atoms with Crippen molar-refractivity contribution in [1.29, 1.82) is 0 Å². The van der Waals surface area contributed by atoms with Crippen molar-refractivity contribution in [3.05, 3.63) is 24.1 Å². The Morgan fingerprint density at radius 2 is 2.33 bits per heavy atom. The number of hydrogen-bond donors (Lipinski definition) is 1. The predicted molar refractivity (Wildman–Crippen MR) is 38.7 cm³/mol. The number of ether oxygens (including phenoxy) is 1. The summed E-state index contributed by atoms with van der Waals surface area (Å²) in [6, 6.07) is 0. The molecular weight excluding hydrogens is 114 g/mol. The van der Waals surface area contributed by atoms with Crippen LogP contribution in [0.2, 0.25) is 0 Å². The molecule has 2 N–H and O–H groups in total. The molecule has 0 aromatic carbocycles. The molecule has 0 saturated carbocycles. The molecule has 9 heavy (non-hydrogen) atoms. The lowest BCUT2D eigenvalue weighted by atomic mass is 10.4. The van der Waals surface area contributed by atoms with Gasteiger partial charge in [-0.15, -0.1) is 0 Å². The molecule has 0 aromatic heterocycles. The highest BCUT2D eigenvalue weighted by molar-refractivity contribution is 5.12. The zero-order valence-corrected chi connectivity index (χ0v) is 5.98. The Balaban J connectivity index is 3.69. The van der Waals surface area contributed by atoms with Crippen LogP contribution < -0.4 is 5.73 Å². The fourth-order valence-corrected chi connectivity index (χ4v) is 0.530. The molecule has 0 rings (SSSR count). The molecule has 0 radical (unpaired) electrons. The average Bonchev–Trinajstić information content (AvgIpc) is 1.63. The first-order valence-electron chi connectivity index (χ1n) is 2.92. The van der Waals surface area contributed by atoms with Crippen molar-refractivity contribution in [1.82, 2.24) is 0 Å². The van der Waals surface area contributed by atoms with E-state index in [0.717, 1.165) is 5.76 Å². The maximum absolute atomic E-state index is 5.27. The highest BCUT2D eigenvalue weighted by atomic mass is 16.5. The zero-order chi connectivity index (χ0) is 7.28. The van der Waals surface area contributed by atoms with E-state index in [1.54, 1.807) is 6.08 Å². The average molecular weight is 127 g/mol. The maximum atomic E-state index is 5.27. The summed E-state index contributed by atoms with van der Waals surface area (Å²) in [6.45, 7) is 7.95. The number of hydrogen-bond acceptors (Lipinski definition) is 2. The third-order valence-electron chi connectivity index (χ3n) is 0.761. The largest absolute Gasteiger partial charge is 0.498 e. The SMILES string of the molecule is C=C(N)C=C(C)OCC. The topological polar surface area (TPSA) is 35.2 Å². The molecule has 0 aliphatic rings. The van der Waals surface area contributed by atoms with Gasteiger partial charge in [0.25, 0.3) is 0 Å². The van der Waals surface area contributed by atoms with E-state index < -0.39 is 0 Å². The van der Waals surface area contributed by atoms with Crippen molar-refractivity contribution in [3.63, 3.8) is 0 Å². The normalized spacial score (nSPS) is 11.1. The third-order valence-corrected chi connectivity index (χ3v) is 0.761. The summed E-state index contributed by atoms with van der Waals surface area (Å²) in [4.78, 5) is 0. The van der Waals surface area contributed by atoms with Crippen LogP contribution in [0.1, 0.15) is 13.8 Å². The molecule has 2 nitrogen and oxygen atoms in total. The van der Waals surface area contributed by atoms with E-state index in [0.29, 0.717) is 12.3 Å². The standard InChI is InChI=1S/C7H13NO/c1-4-9-7(3)5-6(2)8/h5H,2,4,8H2,1,3H3. The van der Waals surface area contributed by atoms with Gasteiger partial charge in [0.05, 0.1) is 12.4 Å². The number of allylic oxidation sites excluding steroid dienone is 2. The van der Waals surface area contributed by atoms with E-state index in [4.69, 9.17) is 10.5 Å². The van der Waals surface area contributed by atoms with Crippen molar-refractivity contribution >= 4 is 0 Å². The van der Waals surface area contributed by atoms with Gasteiger partial charge in [-0.2, -0.15) is 0 Å². The summed E-state index contributed by atoms with van der Waals surface area (Å²) in [5, 5.41) is 0. The van der Waals surface area contributed by atoms with E-state index in [2.05, 4.69) is 6.58 Å². The Morgan fingerprint density at radius 3 is 2.67 bits per heavy atom. The van der Waals surface area contributed by atoms with Crippen LogP contribution in [-0.2, 0) is 4.74 Å². The van der Waals surface area contributed by atoms with Crippen molar-refractivity contribution in [2.24, 2.45) is 5.73 Å². The van der Waals surface area contributed by atoms with E-state index in [1.807, 2.05) is 13.8 Å². The van der Waals surface area contributed by atoms with Crippen LogP contribution in [0.3, 0.4) is 0 Å². The van der Waals surface area contributed by atoms with Crippen LogP contribution in [-0.4, -0.2) is 6.61 Å². The zero-order valence-electron chi connectivity index (χ0n) is 5.98. The number of rotatable bonds is 3. The van der Waals surface area contributed by atoms with Crippen LogP contribution in [0.5, 0.6) is 0 Å². The minimum atomic E-state index is 0.529. The first-order chi connectivity index (χ1) is 4.16. The van der Waals surface area contributed by atoms with E-state index in [9.17, 15) is 0 Å². The summed E-state index contributed by atoms with van der Waals surface area (Å²) >= 11 is 0. The van der Waals surface area contributed by atoms with Gasteiger partial charge in [-0.25, -0.2) is 0 Å². The first kappa shape index (κ1) is 8.08. The maximum Gasteiger partial charge on any atom is 0.0948 e. The molecular formula is C7H13NO. The van der Waals surface area contributed by atoms with Gasteiger partial charge in [0.15, 0.2) is 0 Å². The van der Waals surface area contributed by atoms with Crippen molar-refractivity contribution in [3.8, 4) is 0 Å². The second kappa shape index (κ2) is 4.01. The van der Waals surface area contributed by atoms with Gasteiger partial charge in [0.2, 0.25) is 0 Å². The summed E-state index contributed by atoms with van der Waals surface area (Å²) in [6.07, 6.45) is 1.70. The van der Waals surface area contributed by atoms with Crippen LogP contribution in [0.4, 0.5) is 0 Å². The molecule has 0 aliphatic heterocycles. The molecule has 0 bridgehead atoms. The minimum Gasteiger partial charge on any atom is -0.498 e. The van der Waals surface area contributed by atoms with Gasteiger partial charge in [-0.1, -0.05) is 6.58 Å². The second-order valence-corrected chi connectivity index (χ2v) is 1.76. The van der Waals surface area contributed by atoms with Gasteiger partial charge in [0, 0.05) is 5.70 Å². The fraction of sp³-hybridized carbons (Fsp3) is 0.429. The smallest absolute Gasteiger partial charge is 0.0948 e. The Hall–Kier alpha value is -0.920. The molecule has 0 spiro atoms. The minimum absolute atomic E-state index is 0.529. The molecule has 52 valence electrons. The van der Waals surface area contributed by atoms with E-state index >= 15 is 0 Å². The van der Waals surface area contributed by atoms with Crippen LogP contribution in [0.25, 0.3) is 0 Å². The van der Waals surface area contributed by atoms with Crippen molar-refractivity contribution in [2.45, 2.75) is 13.8 Å². The Morgan fingerprint density at radius 1 is 1.78 bits per heavy atom. The molecule has 0 fully saturated rings. The molecule has 0 heterocycles. The Labute approximate surface area is 56.0 Å². The predicted octanol–water partition coefficient (Wildman–Crippen LogP) is 1.40. The van der Waals surface area contributed by atoms with Gasteiger partial charge < -0.3 is 10.5 Å². The molecule has 0 saturated heterocycles. The molecule has 0 unspecified atom stereocenters. The van der Waals surface area contributed by atoms with E-state index in [-0.39, 0.29) is 0 Å². The monoisotopic (exact) mass is 127 g/mol. The summed E-state index contributed by atoms with van der Waals surface area (Å²) in [7, 11) is 0. The first-order valence-corrected chi connectivity index (χ1v) is 2.92. The van der Waals surface area contributed by atoms with Crippen LogP contribution >= 0.6 is 0 Å². The fourth-order valence-electron chi connectivity index (χ4n) is 0.530. The molecule has 0 atom stereocenters. The lowest BCUT2D eigenvalue weighted by molar-refractivity contribution is 0.231. The number of nitrogens with two attached hydrogens (primary N) is 1. The summed E-state index contributed by atoms with van der Waals surface area (Å²) in [5.41, 5.74) is 5.80. The Kier molecular flexibility index (Phi) is 3.60. The molecule has 2 heteroatoms. The molecule has 0 aromatic rings. The van der Waals surface area contributed by atoms with Gasteiger partial charge in [0.1, 0.15) is 0 Å². The van der Waals surface area contributed by atoms with Crippen LogP contribution in [0.15, 0.2) is 24.1 Å². The third kappa shape index (κ3) is 4.94. The van der Waals surface area contributed by atoms with Gasteiger partial charge >= 0.3 is 0 Å². The highest BCUT2D eigenvalue weighted by Crippen LogP contribution is 1.96. The lowest BCUT2D eigenvalue weighted by Gasteiger charge is -2.00. The van der Waals surface area contributed by atoms with Crippen molar-refractivity contribution in [2.75, 3.05) is 6.61 Å². The second-order valence-electron chi connectivity index (χ2n) is 1.76.